The maximum absolute atomic E-state index is 5.66. The summed E-state index contributed by atoms with van der Waals surface area (Å²) in [5.41, 5.74) is 5.71. The van der Waals surface area contributed by atoms with Gasteiger partial charge in [0.05, 0.1) is 26.4 Å². The fourth-order valence-corrected chi connectivity index (χ4v) is 6.45. The van der Waals surface area contributed by atoms with Gasteiger partial charge in [-0.25, -0.2) is 0 Å². The van der Waals surface area contributed by atoms with E-state index in [1.807, 2.05) is 0 Å². The van der Waals surface area contributed by atoms with Crippen LogP contribution in [0.5, 0.6) is 0 Å². The lowest BCUT2D eigenvalue weighted by molar-refractivity contribution is -0.0483. The molecule has 0 radical (unpaired) electrons. The SMILES string of the molecule is Brc1ccc2c(c1)C(CCCCC1OCCO1)(CCCCC1OCCO1)c1cc(Br)ccc1-2. The second kappa shape index (κ2) is 10.9. The average molecular weight is 580 g/mol. The first-order valence-corrected chi connectivity index (χ1v) is 13.8. The van der Waals surface area contributed by atoms with Crippen molar-refractivity contribution >= 4 is 31.9 Å². The number of halogens is 2. The fourth-order valence-electron chi connectivity index (χ4n) is 5.73. The topological polar surface area (TPSA) is 36.9 Å². The minimum atomic E-state index is -0.0150. The molecular weight excluding hydrogens is 548 g/mol. The first kappa shape index (κ1) is 24.0. The van der Waals surface area contributed by atoms with Crippen molar-refractivity contribution in [2.45, 2.75) is 69.4 Å². The maximum Gasteiger partial charge on any atom is 0.157 e. The third kappa shape index (κ3) is 5.26. The Labute approximate surface area is 213 Å². The Balaban J connectivity index is 1.38. The summed E-state index contributed by atoms with van der Waals surface area (Å²) in [6, 6.07) is 13.6. The monoisotopic (exact) mass is 578 g/mol. The third-order valence-corrected chi connectivity index (χ3v) is 8.24. The number of ether oxygens (including phenoxy) is 4. The van der Waals surface area contributed by atoms with E-state index < -0.39 is 0 Å². The second-order valence-electron chi connectivity index (χ2n) is 9.30. The molecule has 1 aliphatic carbocycles. The standard InChI is InChI=1S/C27H32Br2O4/c28-19-7-9-21-22-10-8-20(29)18-24(22)27(23(21)17-19,11-3-1-5-25-30-13-14-31-25)12-4-2-6-26-32-15-16-33-26/h7-10,17-18,25-26H,1-6,11-16H2. The first-order valence-electron chi connectivity index (χ1n) is 12.2. The average Bonchev–Trinajstić information content (AvgIpc) is 3.56. The van der Waals surface area contributed by atoms with Crippen LogP contribution in [-0.2, 0) is 24.4 Å². The van der Waals surface area contributed by atoms with E-state index in [-0.39, 0.29) is 18.0 Å². The Bertz CT molecular complexity index is 874. The van der Waals surface area contributed by atoms with Crippen LogP contribution in [0.15, 0.2) is 45.3 Å². The zero-order valence-corrected chi connectivity index (χ0v) is 22.2. The van der Waals surface area contributed by atoms with Crippen molar-refractivity contribution in [2.75, 3.05) is 26.4 Å². The van der Waals surface area contributed by atoms with Crippen molar-refractivity contribution in [3.63, 3.8) is 0 Å². The van der Waals surface area contributed by atoms with Gasteiger partial charge in [-0.1, -0.05) is 56.8 Å². The van der Waals surface area contributed by atoms with Gasteiger partial charge in [-0.05, 0) is 85.0 Å². The zero-order chi connectivity index (χ0) is 22.7. The Kier molecular flexibility index (Phi) is 7.90. The van der Waals surface area contributed by atoms with Crippen LogP contribution in [0.2, 0.25) is 0 Å². The van der Waals surface area contributed by atoms with Gasteiger partial charge in [0.15, 0.2) is 12.6 Å². The largest absolute Gasteiger partial charge is 0.350 e. The summed E-state index contributed by atoms with van der Waals surface area (Å²) in [6.07, 6.45) is 8.70. The molecule has 2 saturated heterocycles. The highest BCUT2D eigenvalue weighted by molar-refractivity contribution is 9.10. The van der Waals surface area contributed by atoms with Crippen molar-refractivity contribution in [1.29, 1.82) is 0 Å². The van der Waals surface area contributed by atoms with Gasteiger partial charge in [-0.2, -0.15) is 0 Å². The van der Waals surface area contributed by atoms with Crippen LogP contribution < -0.4 is 0 Å². The summed E-state index contributed by atoms with van der Waals surface area (Å²) < 4.78 is 25.0. The molecule has 2 aromatic rings. The van der Waals surface area contributed by atoms with Crippen LogP contribution in [0.1, 0.15) is 62.5 Å². The highest BCUT2D eigenvalue weighted by Gasteiger charge is 2.42. The zero-order valence-electron chi connectivity index (χ0n) is 19.0. The van der Waals surface area contributed by atoms with Crippen LogP contribution >= 0.6 is 31.9 Å². The smallest absolute Gasteiger partial charge is 0.157 e. The quantitative estimate of drug-likeness (QED) is 0.276. The molecule has 0 spiro atoms. The van der Waals surface area contributed by atoms with Crippen LogP contribution in [0.4, 0.5) is 0 Å². The van der Waals surface area contributed by atoms with Crippen molar-refractivity contribution in [3.8, 4) is 11.1 Å². The minimum Gasteiger partial charge on any atom is -0.350 e. The molecule has 0 amide bonds. The van der Waals surface area contributed by atoms with Crippen LogP contribution in [0, 0.1) is 0 Å². The van der Waals surface area contributed by atoms with Gasteiger partial charge in [0.1, 0.15) is 0 Å². The van der Waals surface area contributed by atoms with Crippen LogP contribution in [-0.4, -0.2) is 39.0 Å². The molecule has 0 N–H and O–H groups in total. The predicted octanol–water partition coefficient (Wildman–Crippen LogP) is 7.34. The van der Waals surface area contributed by atoms with E-state index in [4.69, 9.17) is 18.9 Å². The molecule has 33 heavy (non-hydrogen) atoms. The van der Waals surface area contributed by atoms with Crippen molar-refractivity contribution < 1.29 is 18.9 Å². The number of fused-ring (bicyclic) bond motifs is 3. The minimum absolute atomic E-state index is 0.0150. The van der Waals surface area contributed by atoms with E-state index in [0.717, 1.165) is 86.7 Å². The molecule has 0 aromatic heterocycles. The second-order valence-corrected chi connectivity index (χ2v) is 11.1. The van der Waals surface area contributed by atoms with Crippen molar-refractivity contribution in [2.24, 2.45) is 0 Å². The van der Waals surface area contributed by atoms with Crippen LogP contribution in [0.25, 0.3) is 11.1 Å². The Morgan fingerprint density at radius 1 is 0.636 bits per heavy atom. The molecular formula is C27H32Br2O4. The predicted molar refractivity (Wildman–Crippen MR) is 136 cm³/mol. The van der Waals surface area contributed by atoms with Gasteiger partial charge in [0.25, 0.3) is 0 Å². The number of benzene rings is 2. The number of hydrogen-bond acceptors (Lipinski definition) is 4. The van der Waals surface area contributed by atoms with Crippen molar-refractivity contribution in [3.05, 3.63) is 56.5 Å². The molecule has 0 unspecified atom stereocenters. The molecule has 5 rings (SSSR count). The number of rotatable bonds is 10. The maximum atomic E-state index is 5.66. The lowest BCUT2D eigenvalue weighted by Gasteiger charge is -2.33. The number of unbranched alkanes of at least 4 members (excludes halogenated alkanes) is 2. The molecule has 0 saturated carbocycles. The van der Waals surface area contributed by atoms with Crippen molar-refractivity contribution in [1.82, 2.24) is 0 Å². The normalized spacial score (nSPS) is 19.8. The van der Waals surface area contributed by atoms with Gasteiger partial charge < -0.3 is 18.9 Å². The van der Waals surface area contributed by atoms with E-state index in [9.17, 15) is 0 Å². The Hall–Kier alpha value is -0.760. The molecule has 2 fully saturated rings. The molecule has 6 heteroatoms. The molecule has 2 heterocycles. The van der Waals surface area contributed by atoms with Gasteiger partial charge >= 0.3 is 0 Å². The highest BCUT2D eigenvalue weighted by Crippen LogP contribution is 2.55. The molecule has 2 aromatic carbocycles. The Morgan fingerprint density at radius 3 is 1.48 bits per heavy atom. The van der Waals surface area contributed by atoms with E-state index in [1.165, 1.54) is 22.3 Å². The van der Waals surface area contributed by atoms with E-state index in [2.05, 4.69) is 68.3 Å². The summed E-state index contributed by atoms with van der Waals surface area (Å²) in [6.45, 7) is 2.91. The molecule has 178 valence electrons. The summed E-state index contributed by atoms with van der Waals surface area (Å²) in [5, 5.41) is 0. The summed E-state index contributed by atoms with van der Waals surface area (Å²) in [7, 11) is 0. The van der Waals surface area contributed by atoms with Gasteiger partial charge in [-0.15, -0.1) is 0 Å². The van der Waals surface area contributed by atoms with Crippen LogP contribution in [0.3, 0.4) is 0 Å². The third-order valence-electron chi connectivity index (χ3n) is 7.25. The number of hydrogen-bond donors (Lipinski definition) is 0. The van der Waals surface area contributed by atoms with Gasteiger partial charge in [-0.3, -0.25) is 0 Å². The summed E-state index contributed by atoms with van der Waals surface area (Å²) >= 11 is 7.51. The highest BCUT2D eigenvalue weighted by atomic mass is 79.9. The van der Waals surface area contributed by atoms with Gasteiger partial charge in [0, 0.05) is 14.4 Å². The molecule has 0 bridgehead atoms. The Morgan fingerprint density at radius 2 is 1.06 bits per heavy atom. The lowest BCUT2D eigenvalue weighted by Crippen LogP contribution is -2.26. The van der Waals surface area contributed by atoms with E-state index in [0.29, 0.717) is 0 Å². The van der Waals surface area contributed by atoms with Gasteiger partial charge in [0.2, 0.25) is 0 Å². The fraction of sp³-hybridized carbons (Fsp3) is 0.556. The molecule has 4 nitrogen and oxygen atoms in total. The molecule has 3 aliphatic rings. The summed E-state index contributed by atoms with van der Waals surface area (Å²) in [5.74, 6) is 0. The first-order chi connectivity index (χ1) is 16.2. The summed E-state index contributed by atoms with van der Waals surface area (Å²) in [4.78, 5) is 0. The van der Waals surface area contributed by atoms with E-state index >= 15 is 0 Å². The van der Waals surface area contributed by atoms with E-state index in [1.54, 1.807) is 0 Å². The lowest BCUT2D eigenvalue weighted by atomic mass is 9.70. The molecule has 0 atom stereocenters. The molecule has 2 aliphatic heterocycles.